The van der Waals surface area contributed by atoms with Gasteiger partial charge in [-0.3, -0.25) is 4.68 Å². The summed E-state index contributed by atoms with van der Waals surface area (Å²) in [6, 6.07) is 0.180. The second-order valence-electron chi connectivity index (χ2n) is 6.12. The lowest BCUT2D eigenvalue weighted by Gasteiger charge is -2.29. The molecule has 1 aliphatic rings. The Bertz CT molecular complexity index is 441. The van der Waals surface area contributed by atoms with E-state index in [2.05, 4.69) is 30.8 Å². The van der Waals surface area contributed by atoms with Crippen molar-refractivity contribution in [3.8, 4) is 0 Å². The van der Waals surface area contributed by atoms with Gasteiger partial charge in [-0.25, -0.2) is 0 Å². The molecule has 1 aromatic heterocycles. The molecule has 0 bridgehead atoms. The summed E-state index contributed by atoms with van der Waals surface area (Å²) in [7, 11) is 0. The molecule has 2 unspecified atom stereocenters. The number of rotatable bonds is 7. The Morgan fingerprint density at radius 1 is 1.19 bits per heavy atom. The van der Waals surface area contributed by atoms with Gasteiger partial charge in [-0.15, -0.1) is 0 Å². The Hall–Kier alpha value is -0.870. The molecule has 0 aliphatic heterocycles. The van der Waals surface area contributed by atoms with Crippen LogP contribution < -0.4 is 5.32 Å². The maximum atomic E-state index is 10.4. The summed E-state index contributed by atoms with van der Waals surface area (Å²) in [5, 5.41) is 18.7. The molecule has 120 valence electrons. The Kier molecular flexibility index (Phi) is 6.24. The zero-order chi connectivity index (χ0) is 15.2. The quantitative estimate of drug-likeness (QED) is 0.760. The van der Waals surface area contributed by atoms with Gasteiger partial charge < -0.3 is 10.4 Å². The predicted molar refractivity (Wildman–Crippen MR) is 86.5 cm³/mol. The summed E-state index contributed by atoms with van der Waals surface area (Å²) in [4.78, 5) is 0. The van der Waals surface area contributed by atoms with Crippen molar-refractivity contribution in [2.24, 2.45) is 0 Å². The van der Waals surface area contributed by atoms with Crippen LogP contribution in [-0.2, 0) is 19.4 Å². The number of aromatic nitrogens is 2. The first-order valence-corrected chi connectivity index (χ1v) is 8.70. The second-order valence-corrected chi connectivity index (χ2v) is 6.12. The third-order valence-electron chi connectivity index (χ3n) is 4.61. The number of nitrogens with one attached hydrogen (secondary N) is 1. The molecule has 2 N–H and O–H groups in total. The molecule has 4 heteroatoms. The fourth-order valence-electron chi connectivity index (χ4n) is 3.46. The second kappa shape index (κ2) is 7.95. The third-order valence-corrected chi connectivity index (χ3v) is 4.61. The molecule has 2 atom stereocenters. The van der Waals surface area contributed by atoms with Crippen molar-refractivity contribution < 1.29 is 5.11 Å². The molecule has 1 aliphatic carbocycles. The van der Waals surface area contributed by atoms with Crippen LogP contribution in [0.15, 0.2) is 0 Å². The Morgan fingerprint density at radius 3 is 2.57 bits per heavy atom. The number of hydrogen-bond donors (Lipinski definition) is 2. The zero-order valence-electron chi connectivity index (χ0n) is 13.9. The first-order valence-electron chi connectivity index (χ1n) is 8.70. The monoisotopic (exact) mass is 293 g/mol. The molecule has 1 aromatic rings. The first-order chi connectivity index (χ1) is 10.2. The van der Waals surface area contributed by atoms with Crippen molar-refractivity contribution in [1.29, 1.82) is 0 Å². The first kappa shape index (κ1) is 16.5. The van der Waals surface area contributed by atoms with Gasteiger partial charge in [-0.1, -0.05) is 33.6 Å². The van der Waals surface area contributed by atoms with E-state index in [4.69, 9.17) is 5.10 Å². The standard InChI is InChI=1S/C17H31N3O/c1-4-11-18-12-13-14(5-2)19-20(15(13)6-3)16-9-7-8-10-17(16)21/h16-18,21H,4-12H2,1-3H3. The Labute approximate surface area is 128 Å². The summed E-state index contributed by atoms with van der Waals surface area (Å²) >= 11 is 0. The van der Waals surface area contributed by atoms with E-state index in [0.717, 1.165) is 51.6 Å². The summed E-state index contributed by atoms with van der Waals surface area (Å²) in [5.74, 6) is 0. The van der Waals surface area contributed by atoms with E-state index in [1.165, 1.54) is 23.4 Å². The summed E-state index contributed by atoms with van der Waals surface area (Å²) in [6.07, 6.45) is 7.19. The van der Waals surface area contributed by atoms with Crippen LogP contribution in [0.4, 0.5) is 0 Å². The zero-order valence-corrected chi connectivity index (χ0v) is 13.9. The fraction of sp³-hybridized carbons (Fsp3) is 0.824. The Morgan fingerprint density at radius 2 is 1.95 bits per heavy atom. The van der Waals surface area contributed by atoms with Gasteiger partial charge in [0.2, 0.25) is 0 Å². The van der Waals surface area contributed by atoms with E-state index in [1.54, 1.807) is 0 Å². The number of aliphatic hydroxyl groups is 1. The summed E-state index contributed by atoms with van der Waals surface area (Å²) < 4.78 is 2.16. The average Bonchev–Trinajstić information content (AvgIpc) is 2.85. The topological polar surface area (TPSA) is 50.1 Å². The van der Waals surface area contributed by atoms with Gasteiger partial charge in [0, 0.05) is 17.8 Å². The Balaban J connectivity index is 2.27. The van der Waals surface area contributed by atoms with Crippen molar-refractivity contribution >= 4 is 0 Å². The number of aliphatic hydroxyl groups excluding tert-OH is 1. The average molecular weight is 293 g/mol. The van der Waals surface area contributed by atoms with E-state index in [9.17, 15) is 5.11 Å². The minimum absolute atomic E-state index is 0.180. The van der Waals surface area contributed by atoms with Crippen LogP contribution in [0.3, 0.4) is 0 Å². The van der Waals surface area contributed by atoms with Crippen molar-refractivity contribution in [1.82, 2.24) is 15.1 Å². The van der Waals surface area contributed by atoms with Gasteiger partial charge in [0.05, 0.1) is 17.8 Å². The van der Waals surface area contributed by atoms with Crippen molar-refractivity contribution in [3.63, 3.8) is 0 Å². The van der Waals surface area contributed by atoms with E-state index in [-0.39, 0.29) is 12.1 Å². The molecule has 1 fully saturated rings. The van der Waals surface area contributed by atoms with Crippen LogP contribution in [0.25, 0.3) is 0 Å². The van der Waals surface area contributed by atoms with Crippen LogP contribution in [0.5, 0.6) is 0 Å². The molecular formula is C17H31N3O. The van der Waals surface area contributed by atoms with Crippen molar-refractivity contribution in [3.05, 3.63) is 17.0 Å². The van der Waals surface area contributed by atoms with E-state index in [0.29, 0.717) is 0 Å². The van der Waals surface area contributed by atoms with E-state index >= 15 is 0 Å². The summed E-state index contributed by atoms with van der Waals surface area (Å²) in [6.45, 7) is 8.51. The van der Waals surface area contributed by atoms with Gasteiger partial charge in [0.1, 0.15) is 0 Å². The largest absolute Gasteiger partial charge is 0.391 e. The molecule has 1 saturated carbocycles. The number of hydrogen-bond acceptors (Lipinski definition) is 3. The lowest BCUT2D eigenvalue weighted by atomic mass is 9.92. The van der Waals surface area contributed by atoms with Crippen molar-refractivity contribution in [2.75, 3.05) is 6.54 Å². The van der Waals surface area contributed by atoms with Crippen molar-refractivity contribution in [2.45, 2.75) is 84.4 Å². The van der Waals surface area contributed by atoms with E-state index < -0.39 is 0 Å². The van der Waals surface area contributed by atoms with E-state index in [1.807, 2.05) is 0 Å². The molecule has 0 radical (unpaired) electrons. The molecule has 0 aromatic carbocycles. The van der Waals surface area contributed by atoms with Gasteiger partial charge in [-0.05, 0) is 38.6 Å². The summed E-state index contributed by atoms with van der Waals surface area (Å²) in [5.41, 5.74) is 3.89. The molecule has 4 nitrogen and oxygen atoms in total. The number of aryl methyl sites for hydroxylation is 1. The minimum atomic E-state index is -0.231. The maximum Gasteiger partial charge on any atom is 0.0781 e. The van der Waals surface area contributed by atoms with Crippen LogP contribution in [0.1, 0.15) is 75.9 Å². The minimum Gasteiger partial charge on any atom is -0.391 e. The molecule has 0 amide bonds. The highest BCUT2D eigenvalue weighted by molar-refractivity contribution is 5.27. The normalized spacial score (nSPS) is 22.7. The maximum absolute atomic E-state index is 10.4. The fourth-order valence-corrected chi connectivity index (χ4v) is 3.46. The highest BCUT2D eigenvalue weighted by Gasteiger charge is 2.28. The highest BCUT2D eigenvalue weighted by Crippen LogP contribution is 2.31. The van der Waals surface area contributed by atoms with Crippen LogP contribution in [-0.4, -0.2) is 27.5 Å². The van der Waals surface area contributed by atoms with Crippen LogP contribution in [0, 0.1) is 0 Å². The molecule has 1 heterocycles. The molecule has 0 spiro atoms. The lowest BCUT2D eigenvalue weighted by molar-refractivity contribution is 0.0678. The van der Waals surface area contributed by atoms with Crippen LogP contribution in [0.2, 0.25) is 0 Å². The van der Waals surface area contributed by atoms with Gasteiger partial charge >= 0.3 is 0 Å². The van der Waals surface area contributed by atoms with Gasteiger partial charge in [0.25, 0.3) is 0 Å². The third kappa shape index (κ3) is 3.67. The molecule has 2 rings (SSSR count). The van der Waals surface area contributed by atoms with Gasteiger partial charge in [-0.2, -0.15) is 5.10 Å². The smallest absolute Gasteiger partial charge is 0.0781 e. The molecule has 0 saturated heterocycles. The highest BCUT2D eigenvalue weighted by atomic mass is 16.3. The number of nitrogens with zero attached hydrogens (tertiary/aromatic N) is 2. The molecular weight excluding hydrogens is 262 g/mol. The SMILES string of the molecule is CCCNCc1c(CC)nn(C2CCCCC2O)c1CC. The van der Waals surface area contributed by atoms with Gasteiger partial charge in [0.15, 0.2) is 0 Å². The predicted octanol–water partition coefficient (Wildman–Crippen LogP) is 2.98. The van der Waals surface area contributed by atoms with Crippen LogP contribution >= 0.6 is 0 Å². The lowest BCUT2D eigenvalue weighted by Crippen LogP contribution is -2.29. The molecule has 21 heavy (non-hydrogen) atoms.